The average molecular weight is 733 g/mol. The summed E-state index contributed by atoms with van der Waals surface area (Å²) < 4.78 is 13.2. The van der Waals surface area contributed by atoms with E-state index < -0.39 is 0 Å². The van der Waals surface area contributed by atoms with Gasteiger partial charge in [-0.05, 0) is 43.4 Å². The van der Waals surface area contributed by atoms with Gasteiger partial charge in [0.1, 0.15) is 5.75 Å². The molecule has 2 amide bonds. The molecule has 3 aliphatic heterocycles. The van der Waals surface area contributed by atoms with Crippen molar-refractivity contribution in [3.63, 3.8) is 0 Å². The number of pyridine rings is 1. The van der Waals surface area contributed by atoms with E-state index >= 15 is 0 Å². The molecule has 2 saturated heterocycles. The van der Waals surface area contributed by atoms with Gasteiger partial charge >= 0.3 is 0 Å². The molecule has 51 heavy (non-hydrogen) atoms. The molecule has 5 heterocycles. The molecule has 0 aliphatic carbocycles. The highest BCUT2D eigenvalue weighted by molar-refractivity contribution is 6.39. The largest absolute Gasteiger partial charge is 0.496 e. The van der Waals surface area contributed by atoms with Gasteiger partial charge < -0.3 is 30.0 Å². The number of nitrogens with one attached hydrogen (secondary N) is 3. The third-order valence-electron chi connectivity index (χ3n) is 10.2. The van der Waals surface area contributed by atoms with Crippen molar-refractivity contribution in [1.29, 1.82) is 0 Å². The number of halogens is 2. The molecule has 268 valence electrons. The smallest absolute Gasteiger partial charge is 0.291 e. The SMILES string of the molecule is COc1cc(-c2nccc(-c3cccc(NC(=O)c4nc5c(n4C)CCN(CC4CCOCC4)C5)c3Cl)c2Cl)ccc1CNC[C@H]1CCC(=O)N1. The van der Waals surface area contributed by atoms with Crippen molar-refractivity contribution in [2.45, 2.75) is 51.2 Å². The summed E-state index contributed by atoms with van der Waals surface area (Å²) >= 11 is 14.0. The van der Waals surface area contributed by atoms with Crippen LogP contribution >= 0.6 is 23.2 Å². The Labute approximate surface area is 308 Å². The van der Waals surface area contributed by atoms with Gasteiger partial charge in [0, 0.05) is 106 Å². The van der Waals surface area contributed by atoms with Crippen LogP contribution in [-0.2, 0) is 36.1 Å². The van der Waals surface area contributed by atoms with Crippen LogP contribution in [-0.4, -0.2) is 77.2 Å². The summed E-state index contributed by atoms with van der Waals surface area (Å²) in [6.07, 6.45) is 6.14. The van der Waals surface area contributed by atoms with Crippen LogP contribution in [0, 0.1) is 5.92 Å². The zero-order valence-electron chi connectivity index (χ0n) is 28.9. The minimum atomic E-state index is -0.321. The van der Waals surface area contributed by atoms with Crippen LogP contribution in [0.4, 0.5) is 5.69 Å². The van der Waals surface area contributed by atoms with Gasteiger partial charge in [-0.25, -0.2) is 4.98 Å². The quantitative estimate of drug-likeness (QED) is 0.175. The van der Waals surface area contributed by atoms with Crippen LogP contribution in [0.15, 0.2) is 48.7 Å². The first-order chi connectivity index (χ1) is 24.8. The lowest BCUT2D eigenvalue weighted by Gasteiger charge is -2.31. The van der Waals surface area contributed by atoms with Crippen LogP contribution < -0.4 is 20.7 Å². The number of rotatable bonds is 11. The molecule has 2 aromatic heterocycles. The molecule has 11 nitrogen and oxygen atoms in total. The van der Waals surface area contributed by atoms with Crippen LogP contribution in [0.3, 0.4) is 0 Å². The molecule has 0 spiro atoms. The van der Waals surface area contributed by atoms with E-state index in [1.165, 1.54) is 0 Å². The van der Waals surface area contributed by atoms with E-state index in [4.69, 9.17) is 37.7 Å². The predicted molar refractivity (Wildman–Crippen MR) is 198 cm³/mol. The minimum Gasteiger partial charge on any atom is -0.496 e. The molecule has 2 aromatic carbocycles. The molecule has 1 atom stereocenters. The van der Waals surface area contributed by atoms with E-state index in [9.17, 15) is 9.59 Å². The molecule has 13 heteroatoms. The number of fused-ring (bicyclic) bond motifs is 1. The second kappa shape index (κ2) is 15.7. The van der Waals surface area contributed by atoms with Crippen LogP contribution in [0.2, 0.25) is 10.0 Å². The summed E-state index contributed by atoms with van der Waals surface area (Å²) in [5.41, 5.74) is 6.21. The predicted octanol–water partition coefficient (Wildman–Crippen LogP) is 5.87. The van der Waals surface area contributed by atoms with Gasteiger partial charge in [0.15, 0.2) is 5.82 Å². The molecule has 3 aliphatic rings. The Morgan fingerprint density at radius 2 is 1.90 bits per heavy atom. The van der Waals surface area contributed by atoms with Crippen LogP contribution in [0.25, 0.3) is 22.4 Å². The van der Waals surface area contributed by atoms with Crippen molar-refractivity contribution in [1.82, 2.24) is 30.1 Å². The Morgan fingerprint density at radius 1 is 1.08 bits per heavy atom. The van der Waals surface area contributed by atoms with Crippen molar-refractivity contribution in [3.05, 3.63) is 81.5 Å². The van der Waals surface area contributed by atoms with Gasteiger partial charge in [0.2, 0.25) is 5.91 Å². The first-order valence-corrected chi connectivity index (χ1v) is 18.3. The van der Waals surface area contributed by atoms with E-state index in [1.807, 2.05) is 48.0 Å². The van der Waals surface area contributed by atoms with E-state index in [0.29, 0.717) is 69.6 Å². The van der Waals surface area contributed by atoms with Crippen LogP contribution in [0.5, 0.6) is 5.75 Å². The fourth-order valence-electron chi connectivity index (χ4n) is 7.35. The molecule has 7 rings (SSSR count). The van der Waals surface area contributed by atoms with Gasteiger partial charge in [-0.3, -0.25) is 19.5 Å². The molecule has 0 radical (unpaired) electrons. The lowest BCUT2D eigenvalue weighted by atomic mass is 9.98. The maximum atomic E-state index is 13.6. The molecule has 0 bridgehead atoms. The number of benzene rings is 2. The van der Waals surface area contributed by atoms with Gasteiger partial charge in [-0.2, -0.15) is 0 Å². The Morgan fingerprint density at radius 3 is 2.69 bits per heavy atom. The van der Waals surface area contributed by atoms with E-state index in [2.05, 4.69) is 25.8 Å². The highest BCUT2D eigenvalue weighted by Crippen LogP contribution is 2.41. The summed E-state index contributed by atoms with van der Waals surface area (Å²) in [6, 6.07) is 13.3. The zero-order valence-corrected chi connectivity index (χ0v) is 30.4. The summed E-state index contributed by atoms with van der Waals surface area (Å²) in [5, 5.41) is 10.2. The van der Waals surface area contributed by atoms with E-state index in [-0.39, 0.29) is 17.9 Å². The number of hydrogen-bond acceptors (Lipinski definition) is 8. The third kappa shape index (κ3) is 7.78. The normalized spacial score (nSPS) is 18.0. The monoisotopic (exact) mass is 731 g/mol. The minimum absolute atomic E-state index is 0.101. The molecule has 0 saturated carbocycles. The van der Waals surface area contributed by atoms with Gasteiger partial charge in [-0.15, -0.1) is 0 Å². The fraction of sp³-hybridized carbons (Fsp3) is 0.421. The number of imidazole rings is 1. The van der Waals surface area contributed by atoms with Crippen molar-refractivity contribution >= 4 is 40.7 Å². The topological polar surface area (TPSA) is 123 Å². The van der Waals surface area contributed by atoms with Gasteiger partial charge in [-0.1, -0.05) is 47.5 Å². The number of amides is 2. The second-order valence-electron chi connectivity index (χ2n) is 13.5. The summed E-state index contributed by atoms with van der Waals surface area (Å²) in [4.78, 5) is 37.0. The second-order valence-corrected chi connectivity index (χ2v) is 14.3. The molecular weight excluding hydrogens is 689 g/mol. The number of aromatic nitrogens is 3. The third-order valence-corrected chi connectivity index (χ3v) is 11.0. The lowest BCUT2D eigenvalue weighted by molar-refractivity contribution is -0.119. The zero-order chi connectivity index (χ0) is 35.5. The number of carbonyl (C=O) groups is 2. The molecular formula is C38H43Cl2N7O4. The maximum absolute atomic E-state index is 13.6. The molecule has 4 aromatic rings. The van der Waals surface area contributed by atoms with E-state index in [0.717, 1.165) is 81.0 Å². The number of hydrogen-bond donors (Lipinski definition) is 3. The van der Waals surface area contributed by atoms with Crippen molar-refractivity contribution in [2.24, 2.45) is 13.0 Å². The number of methoxy groups -OCH3 is 1. The number of anilines is 1. The first-order valence-electron chi connectivity index (χ1n) is 17.6. The Kier molecular flexibility index (Phi) is 10.9. The molecule has 0 unspecified atom stereocenters. The summed E-state index contributed by atoms with van der Waals surface area (Å²) in [5.74, 6) is 1.48. The van der Waals surface area contributed by atoms with Crippen molar-refractivity contribution in [2.75, 3.05) is 45.3 Å². The summed E-state index contributed by atoms with van der Waals surface area (Å²) in [7, 11) is 3.54. The lowest BCUT2D eigenvalue weighted by Crippen LogP contribution is -2.36. The van der Waals surface area contributed by atoms with Gasteiger partial charge in [0.05, 0.1) is 34.2 Å². The maximum Gasteiger partial charge on any atom is 0.291 e. The van der Waals surface area contributed by atoms with Crippen molar-refractivity contribution in [3.8, 4) is 28.1 Å². The summed E-state index contributed by atoms with van der Waals surface area (Å²) in [6.45, 7) is 5.66. The Bertz CT molecular complexity index is 1930. The van der Waals surface area contributed by atoms with Crippen molar-refractivity contribution < 1.29 is 19.1 Å². The average Bonchev–Trinajstić information content (AvgIpc) is 3.71. The van der Waals surface area contributed by atoms with Crippen LogP contribution in [0.1, 0.15) is 53.3 Å². The highest BCUT2D eigenvalue weighted by atomic mass is 35.5. The van der Waals surface area contributed by atoms with E-state index in [1.54, 1.807) is 19.4 Å². The standard InChI is InChI=1S/C38H43Cl2N7O4/c1-46-31-11-15-47(21-23-12-16-51-17-13-23)22-30(31)44-37(46)38(49)45-29-5-3-4-27(34(29)39)28-10-14-42-36(35(28)40)24-6-7-25(32(18-24)50-2)19-41-20-26-8-9-33(48)43-26/h3-7,10,14,18,23,26,41H,8-9,11-13,15-17,19-22H2,1-2H3,(H,43,48)(H,45,49)/t26-/m1/s1. The highest BCUT2D eigenvalue weighted by Gasteiger charge is 2.28. The Balaban J connectivity index is 1.06. The number of ether oxygens (including phenoxy) is 2. The first kappa shape index (κ1) is 35.4. The molecule has 2 fully saturated rings. The fourth-order valence-corrected chi connectivity index (χ4v) is 7.95. The van der Waals surface area contributed by atoms with Gasteiger partial charge in [0.25, 0.3) is 5.91 Å². The number of nitrogens with zero attached hydrogens (tertiary/aromatic N) is 4. The Hall–Kier alpha value is -4.00. The number of carbonyl (C=O) groups excluding carboxylic acids is 2. The molecule has 3 N–H and O–H groups in total.